The van der Waals surface area contributed by atoms with Crippen LogP contribution in [-0.2, 0) is 26.0 Å². The third kappa shape index (κ3) is 6.62. The van der Waals surface area contributed by atoms with E-state index in [0.717, 1.165) is 11.1 Å². The fraction of sp³-hybridized carbons (Fsp3) is 0.375. The fourth-order valence-electron chi connectivity index (χ4n) is 2.08. The molecule has 0 radical (unpaired) electrons. The Morgan fingerprint density at radius 1 is 1.31 bits per heavy atom. The summed E-state index contributed by atoms with van der Waals surface area (Å²) in [6.45, 7) is 1.61. The van der Waals surface area contributed by atoms with E-state index >= 15 is 0 Å². The van der Waals surface area contributed by atoms with Gasteiger partial charge in [0, 0.05) is 11.4 Å². The van der Waals surface area contributed by atoms with Gasteiger partial charge in [0.05, 0.1) is 18.6 Å². The molecular formula is C16H20N2O6S2. The Morgan fingerprint density at radius 2 is 2.08 bits per heavy atom. The first kappa shape index (κ1) is 20.1. The highest BCUT2D eigenvalue weighted by molar-refractivity contribution is 7.88. The molecule has 0 aliphatic carbocycles. The molecule has 0 saturated carbocycles. The molecule has 2 rings (SSSR count). The number of rotatable bonds is 9. The van der Waals surface area contributed by atoms with Crippen LogP contribution >= 0.6 is 11.3 Å². The highest BCUT2D eigenvalue weighted by atomic mass is 32.2. The van der Waals surface area contributed by atoms with Gasteiger partial charge in [0.25, 0.3) is 5.91 Å². The van der Waals surface area contributed by atoms with Crippen molar-refractivity contribution in [1.82, 2.24) is 10.0 Å². The quantitative estimate of drug-likeness (QED) is 0.616. The first-order chi connectivity index (χ1) is 12.2. The highest BCUT2D eigenvalue weighted by Crippen LogP contribution is 2.18. The third-order valence-electron chi connectivity index (χ3n) is 3.28. The Balaban J connectivity index is 1.76. The van der Waals surface area contributed by atoms with Gasteiger partial charge in [0.2, 0.25) is 10.0 Å². The van der Waals surface area contributed by atoms with Crippen LogP contribution in [0.1, 0.15) is 33.3 Å². The Hall–Kier alpha value is -2.17. The molecule has 10 heteroatoms. The van der Waals surface area contributed by atoms with Crippen LogP contribution in [0.25, 0.3) is 0 Å². The maximum atomic E-state index is 12.0. The lowest BCUT2D eigenvalue weighted by Gasteiger charge is -2.11. The van der Waals surface area contributed by atoms with E-state index < -0.39 is 28.5 Å². The van der Waals surface area contributed by atoms with Gasteiger partial charge in [-0.1, -0.05) is 0 Å². The van der Waals surface area contributed by atoms with Crippen molar-refractivity contribution in [2.24, 2.45) is 0 Å². The average Bonchev–Trinajstić information content (AvgIpc) is 3.23. The van der Waals surface area contributed by atoms with Gasteiger partial charge in [-0.05, 0) is 37.6 Å². The van der Waals surface area contributed by atoms with Gasteiger partial charge in [-0.25, -0.2) is 17.9 Å². The van der Waals surface area contributed by atoms with Crippen LogP contribution < -0.4 is 10.0 Å². The minimum Gasteiger partial charge on any atom is -0.467 e. The second-order valence-electron chi connectivity index (χ2n) is 5.56. The van der Waals surface area contributed by atoms with Crippen molar-refractivity contribution in [1.29, 1.82) is 0 Å². The molecule has 1 atom stereocenters. The first-order valence-corrected chi connectivity index (χ1v) is 10.5. The molecule has 8 nitrogen and oxygen atoms in total. The van der Waals surface area contributed by atoms with Crippen molar-refractivity contribution in [3.8, 4) is 0 Å². The summed E-state index contributed by atoms with van der Waals surface area (Å²) in [5.41, 5.74) is 0. The Labute approximate surface area is 155 Å². The highest BCUT2D eigenvalue weighted by Gasteiger charge is 2.16. The number of sulfonamides is 1. The lowest BCUT2D eigenvalue weighted by atomic mass is 10.2. The molecule has 0 spiro atoms. The van der Waals surface area contributed by atoms with Crippen molar-refractivity contribution in [3.05, 3.63) is 46.0 Å². The number of nitrogens with one attached hydrogen (secondary N) is 2. The molecule has 0 unspecified atom stereocenters. The van der Waals surface area contributed by atoms with Crippen LogP contribution in [-0.4, -0.2) is 39.7 Å². The standard InChI is InChI=1S/C16H20N2O6S2/c1-11(13-4-3-9-23-13)18-15(19)10-24-16(20)14-6-5-12(25-14)7-8-17-26(2,21)22/h3-6,9,11,17H,7-8,10H2,1-2H3,(H,18,19)/t11-/m0/s1. The number of hydrogen-bond donors (Lipinski definition) is 2. The van der Waals surface area contributed by atoms with E-state index in [1.807, 2.05) is 0 Å². The van der Waals surface area contributed by atoms with Crippen molar-refractivity contribution in [2.45, 2.75) is 19.4 Å². The molecule has 0 aromatic carbocycles. The number of amides is 1. The SMILES string of the molecule is C[C@H](NC(=O)COC(=O)c1ccc(CCNS(C)(=O)=O)s1)c1ccco1. The van der Waals surface area contributed by atoms with Crippen molar-refractivity contribution >= 4 is 33.2 Å². The smallest absolute Gasteiger partial charge is 0.348 e. The molecule has 142 valence electrons. The molecule has 2 aromatic heterocycles. The molecule has 0 fully saturated rings. The third-order valence-corrected chi connectivity index (χ3v) is 5.13. The van der Waals surface area contributed by atoms with Crippen LogP contribution in [0.2, 0.25) is 0 Å². The predicted molar refractivity (Wildman–Crippen MR) is 96.4 cm³/mol. The molecule has 0 aliphatic heterocycles. The van der Waals surface area contributed by atoms with Crippen molar-refractivity contribution < 1.29 is 27.2 Å². The maximum absolute atomic E-state index is 12.0. The number of carbonyl (C=O) groups excluding carboxylic acids is 2. The van der Waals surface area contributed by atoms with Crippen LogP contribution in [0.4, 0.5) is 0 Å². The number of carbonyl (C=O) groups is 2. The van der Waals surface area contributed by atoms with E-state index in [4.69, 9.17) is 9.15 Å². The zero-order valence-corrected chi connectivity index (χ0v) is 16.0. The van der Waals surface area contributed by atoms with Gasteiger partial charge >= 0.3 is 5.97 Å². The molecule has 0 bridgehead atoms. The molecule has 26 heavy (non-hydrogen) atoms. The molecule has 0 aliphatic rings. The molecule has 2 aromatic rings. The zero-order valence-electron chi connectivity index (χ0n) is 14.4. The van der Waals surface area contributed by atoms with Crippen LogP contribution in [0.5, 0.6) is 0 Å². The summed E-state index contributed by atoms with van der Waals surface area (Å²) in [6, 6.07) is 6.45. The van der Waals surface area contributed by atoms with E-state index in [2.05, 4.69) is 10.0 Å². The Kier molecular flexibility index (Phi) is 6.95. The number of thiophene rings is 1. The average molecular weight is 400 g/mol. The van der Waals surface area contributed by atoms with E-state index in [1.165, 1.54) is 17.6 Å². The summed E-state index contributed by atoms with van der Waals surface area (Å²) in [4.78, 5) is 25.0. The van der Waals surface area contributed by atoms with Gasteiger partial charge in [-0.15, -0.1) is 11.3 Å². The monoisotopic (exact) mass is 400 g/mol. The van der Waals surface area contributed by atoms with Gasteiger partial charge in [-0.3, -0.25) is 4.79 Å². The zero-order chi connectivity index (χ0) is 19.2. The van der Waals surface area contributed by atoms with E-state index in [-0.39, 0.29) is 12.6 Å². The van der Waals surface area contributed by atoms with Crippen molar-refractivity contribution in [3.63, 3.8) is 0 Å². The Bertz CT molecular complexity index is 842. The molecule has 1 amide bonds. The number of furan rings is 1. The second kappa shape index (κ2) is 8.97. The van der Waals surface area contributed by atoms with Gasteiger partial charge in [0.1, 0.15) is 10.6 Å². The summed E-state index contributed by atoms with van der Waals surface area (Å²) < 4.78 is 34.6. The maximum Gasteiger partial charge on any atom is 0.348 e. The number of hydrogen-bond acceptors (Lipinski definition) is 7. The largest absolute Gasteiger partial charge is 0.467 e. The second-order valence-corrected chi connectivity index (χ2v) is 8.56. The summed E-state index contributed by atoms with van der Waals surface area (Å²) >= 11 is 1.20. The minimum atomic E-state index is -3.24. The lowest BCUT2D eigenvalue weighted by Crippen LogP contribution is -2.30. The van der Waals surface area contributed by atoms with Crippen molar-refractivity contribution in [2.75, 3.05) is 19.4 Å². The molecule has 0 saturated heterocycles. The number of ether oxygens (including phenoxy) is 1. The lowest BCUT2D eigenvalue weighted by molar-refractivity contribution is -0.125. The number of esters is 1. The molecular weight excluding hydrogens is 380 g/mol. The van der Waals surface area contributed by atoms with Gasteiger partial charge in [-0.2, -0.15) is 0 Å². The summed E-state index contributed by atoms with van der Waals surface area (Å²) in [5, 5.41) is 2.66. The topological polar surface area (TPSA) is 115 Å². The van der Waals surface area contributed by atoms with Crippen LogP contribution in [0, 0.1) is 0 Å². The van der Waals surface area contributed by atoms with E-state index in [0.29, 0.717) is 17.1 Å². The molecule has 2 heterocycles. The van der Waals surface area contributed by atoms with Crippen LogP contribution in [0.15, 0.2) is 34.9 Å². The fourth-order valence-corrected chi connectivity index (χ4v) is 3.45. The normalized spacial score (nSPS) is 12.5. The minimum absolute atomic E-state index is 0.251. The summed E-state index contributed by atoms with van der Waals surface area (Å²) in [6.07, 6.45) is 3.06. The van der Waals surface area contributed by atoms with E-state index in [1.54, 1.807) is 31.2 Å². The van der Waals surface area contributed by atoms with Crippen LogP contribution in [0.3, 0.4) is 0 Å². The predicted octanol–water partition coefficient (Wildman–Crippen LogP) is 1.47. The summed E-state index contributed by atoms with van der Waals surface area (Å²) in [5.74, 6) is -0.426. The summed E-state index contributed by atoms with van der Waals surface area (Å²) in [7, 11) is -3.24. The van der Waals surface area contributed by atoms with E-state index in [9.17, 15) is 18.0 Å². The molecule has 2 N–H and O–H groups in total. The van der Waals surface area contributed by atoms with Gasteiger partial charge < -0.3 is 14.5 Å². The van der Waals surface area contributed by atoms with Gasteiger partial charge in [0.15, 0.2) is 6.61 Å². The first-order valence-electron chi connectivity index (χ1n) is 7.78. The Morgan fingerprint density at radius 3 is 2.73 bits per heavy atom.